The number of allylic oxidation sites excluding steroid dienone is 2. The van der Waals surface area contributed by atoms with Crippen LogP contribution in [0.15, 0.2) is 57.9 Å². The number of nitrogens with zero attached hydrogens (tertiary/aromatic N) is 3. The minimum atomic E-state index is -0.905. The number of rotatable bonds is 8. The smallest absolute Gasteiger partial charge is 0.337 e. The number of benzene rings is 1. The number of aromatic nitrogens is 3. The van der Waals surface area contributed by atoms with Gasteiger partial charge in [0, 0.05) is 5.69 Å². The lowest BCUT2D eigenvalue weighted by Gasteiger charge is -2.12. The molecule has 0 saturated carbocycles. The number of carbonyl (C=O) groups excluding carboxylic acids is 1. The van der Waals surface area contributed by atoms with E-state index in [1.165, 1.54) is 25.3 Å². The molecule has 2 rings (SSSR count). The molecule has 1 N–H and O–H groups in total. The van der Waals surface area contributed by atoms with E-state index >= 15 is 0 Å². The summed E-state index contributed by atoms with van der Waals surface area (Å²) in [5, 5.41) is 2.82. The van der Waals surface area contributed by atoms with Gasteiger partial charge in [0.2, 0.25) is 5.91 Å². The van der Waals surface area contributed by atoms with E-state index in [1.807, 2.05) is 0 Å². The lowest BCUT2D eigenvalue weighted by molar-refractivity contribution is -0.116. The van der Waals surface area contributed by atoms with Crippen molar-refractivity contribution in [2.75, 3.05) is 12.4 Å². The van der Waals surface area contributed by atoms with Gasteiger partial charge in [-0.2, -0.15) is 0 Å². The number of ether oxygens (including phenoxy) is 1. The third kappa shape index (κ3) is 4.32. The van der Waals surface area contributed by atoms with Crippen LogP contribution < -0.4 is 27.1 Å². The number of amides is 1. The average Bonchev–Trinajstić information content (AvgIpc) is 2.66. The Hall–Kier alpha value is -3.33. The Kier molecular flexibility index (Phi) is 6.78. The molecule has 0 aliphatic heterocycles. The van der Waals surface area contributed by atoms with Crippen LogP contribution in [0.4, 0.5) is 5.69 Å². The maximum atomic E-state index is 12.5. The first-order valence-corrected chi connectivity index (χ1v) is 8.51. The first-order valence-electron chi connectivity index (χ1n) is 8.13. The van der Waals surface area contributed by atoms with Crippen LogP contribution >= 0.6 is 11.6 Å². The van der Waals surface area contributed by atoms with Gasteiger partial charge in [0.25, 0.3) is 0 Å². The maximum absolute atomic E-state index is 12.5. The minimum absolute atomic E-state index is 0.106. The largest absolute Gasteiger partial charge is 0.495 e. The van der Waals surface area contributed by atoms with Crippen molar-refractivity contribution in [2.45, 2.75) is 19.6 Å². The highest BCUT2D eigenvalue weighted by atomic mass is 35.5. The molecule has 1 aromatic heterocycles. The van der Waals surface area contributed by atoms with Gasteiger partial charge in [0.1, 0.15) is 12.3 Å². The van der Waals surface area contributed by atoms with E-state index in [-0.39, 0.29) is 18.1 Å². The molecule has 0 aliphatic rings. The van der Waals surface area contributed by atoms with Crippen LogP contribution in [-0.2, 0) is 24.4 Å². The highest BCUT2D eigenvalue weighted by molar-refractivity contribution is 6.32. The zero-order valence-corrected chi connectivity index (χ0v) is 15.9. The van der Waals surface area contributed by atoms with E-state index in [4.69, 9.17) is 16.3 Å². The van der Waals surface area contributed by atoms with Crippen LogP contribution in [0, 0.1) is 0 Å². The molecule has 0 bridgehead atoms. The number of nitrogens with one attached hydrogen (secondary N) is 1. The monoisotopic (exact) mass is 406 g/mol. The number of carbonyl (C=O) groups is 1. The van der Waals surface area contributed by atoms with E-state index in [0.717, 1.165) is 9.13 Å². The third-order valence-electron chi connectivity index (χ3n) is 3.75. The molecule has 0 spiro atoms. The Balaban J connectivity index is 2.40. The SMILES string of the molecule is C=CCn1c(=O)n(CC=C)c(=O)n(CC(=O)Nc2ccc(OC)c(Cl)c2)c1=O. The van der Waals surface area contributed by atoms with Gasteiger partial charge in [-0.05, 0) is 18.2 Å². The summed E-state index contributed by atoms with van der Waals surface area (Å²) in [7, 11) is 1.46. The molecule has 1 aromatic carbocycles. The Labute approximate surface area is 164 Å². The zero-order valence-electron chi connectivity index (χ0n) is 15.2. The molecule has 0 atom stereocenters. The van der Waals surface area contributed by atoms with Crippen molar-refractivity contribution in [2.24, 2.45) is 0 Å². The van der Waals surface area contributed by atoms with Crippen molar-refractivity contribution >= 4 is 23.2 Å². The first-order chi connectivity index (χ1) is 13.3. The van der Waals surface area contributed by atoms with Crippen LogP contribution in [0.1, 0.15) is 0 Å². The van der Waals surface area contributed by atoms with Gasteiger partial charge in [-0.1, -0.05) is 23.8 Å². The molecule has 0 radical (unpaired) electrons. The van der Waals surface area contributed by atoms with Gasteiger partial charge < -0.3 is 10.1 Å². The first kappa shape index (κ1) is 21.0. The van der Waals surface area contributed by atoms with Crippen LogP contribution in [0.3, 0.4) is 0 Å². The van der Waals surface area contributed by atoms with Crippen molar-refractivity contribution in [3.63, 3.8) is 0 Å². The second-order valence-corrected chi connectivity index (χ2v) is 6.04. The van der Waals surface area contributed by atoms with Gasteiger partial charge in [0.15, 0.2) is 0 Å². The molecule has 28 heavy (non-hydrogen) atoms. The van der Waals surface area contributed by atoms with E-state index in [1.54, 1.807) is 12.1 Å². The molecule has 0 unspecified atom stereocenters. The van der Waals surface area contributed by atoms with Crippen molar-refractivity contribution < 1.29 is 9.53 Å². The lowest BCUT2D eigenvalue weighted by Crippen LogP contribution is -2.55. The molecule has 0 fully saturated rings. The van der Waals surface area contributed by atoms with Gasteiger partial charge in [-0.25, -0.2) is 28.1 Å². The van der Waals surface area contributed by atoms with E-state index < -0.39 is 29.5 Å². The van der Waals surface area contributed by atoms with Crippen molar-refractivity contribution in [3.05, 3.63) is 80.0 Å². The minimum Gasteiger partial charge on any atom is -0.495 e. The normalized spacial score (nSPS) is 10.4. The van der Waals surface area contributed by atoms with Gasteiger partial charge in [0.05, 0.1) is 25.2 Å². The van der Waals surface area contributed by atoms with Crippen molar-refractivity contribution in [3.8, 4) is 5.75 Å². The van der Waals surface area contributed by atoms with Crippen molar-refractivity contribution in [1.29, 1.82) is 0 Å². The predicted molar refractivity (Wildman–Crippen MR) is 106 cm³/mol. The van der Waals surface area contributed by atoms with E-state index in [0.29, 0.717) is 16.0 Å². The van der Waals surface area contributed by atoms with Crippen LogP contribution in [0.5, 0.6) is 5.75 Å². The number of anilines is 1. The molecular weight excluding hydrogens is 388 g/mol. The summed E-state index contributed by atoms with van der Waals surface area (Å²) in [6.45, 7) is 6.18. The highest BCUT2D eigenvalue weighted by Crippen LogP contribution is 2.27. The Morgan fingerprint density at radius 2 is 1.61 bits per heavy atom. The Bertz CT molecular complexity index is 1050. The van der Waals surface area contributed by atoms with Crippen LogP contribution in [0.2, 0.25) is 5.02 Å². The summed E-state index contributed by atoms with van der Waals surface area (Å²) >= 11 is 6.01. The molecule has 9 nitrogen and oxygen atoms in total. The van der Waals surface area contributed by atoms with Gasteiger partial charge >= 0.3 is 17.1 Å². The fourth-order valence-electron chi connectivity index (χ4n) is 2.48. The molecule has 0 aliphatic carbocycles. The summed E-state index contributed by atoms with van der Waals surface area (Å²) in [6, 6.07) is 4.58. The van der Waals surface area contributed by atoms with Crippen molar-refractivity contribution in [1.82, 2.24) is 13.7 Å². The standard InChI is InChI=1S/C18H19ClN4O5/c1-4-8-21-16(25)22(9-5-2)18(27)23(17(21)26)11-15(24)20-12-6-7-14(28-3)13(19)10-12/h4-7,10H,1-2,8-9,11H2,3H3,(H,20,24). The molecule has 2 aromatic rings. The lowest BCUT2D eigenvalue weighted by atomic mass is 10.3. The molecular formula is C18H19ClN4O5. The fourth-order valence-corrected chi connectivity index (χ4v) is 2.73. The molecule has 10 heteroatoms. The third-order valence-corrected chi connectivity index (χ3v) is 4.04. The van der Waals surface area contributed by atoms with Gasteiger partial charge in [-0.3, -0.25) is 4.79 Å². The Morgan fingerprint density at radius 1 is 1.07 bits per heavy atom. The molecule has 148 valence electrons. The molecule has 1 amide bonds. The van der Waals surface area contributed by atoms with E-state index in [2.05, 4.69) is 18.5 Å². The van der Waals surface area contributed by atoms with Gasteiger partial charge in [-0.15, -0.1) is 13.2 Å². The number of hydrogen-bond donors (Lipinski definition) is 1. The molecule has 1 heterocycles. The summed E-state index contributed by atoms with van der Waals surface area (Å²) < 4.78 is 7.34. The van der Waals surface area contributed by atoms with E-state index in [9.17, 15) is 19.2 Å². The second-order valence-electron chi connectivity index (χ2n) is 5.63. The van der Waals surface area contributed by atoms with Crippen LogP contribution in [0.25, 0.3) is 0 Å². The fraction of sp³-hybridized carbons (Fsp3) is 0.222. The maximum Gasteiger partial charge on any atom is 0.337 e. The predicted octanol–water partition coefficient (Wildman–Crippen LogP) is 0.844. The number of hydrogen-bond acceptors (Lipinski definition) is 5. The van der Waals surface area contributed by atoms with Crippen LogP contribution in [-0.4, -0.2) is 26.7 Å². The average molecular weight is 407 g/mol. The summed E-state index contributed by atoms with van der Waals surface area (Å²) in [6.07, 6.45) is 2.69. The summed E-state index contributed by atoms with van der Waals surface area (Å²) in [5.74, 6) is -0.214. The quantitative estimate of drug-likeness (QED) is 0.654. The zero-order chi connectivity index (χ0) is 20.8. The Morgan fingerprint density at radius 3 is 2.07 bits per heavy atom. The summed E-state index contributed by atoms with van der Waals surface area (Å²) in [5.41, 5.74) is -2.25. The number of methoxy groups -OCH3 is 1. The number of halogens is 1. The topological polar surface area (TPSA) is 104 Å². The highest BCUT2D eigenvalue weighted by Gasteiger charge is 2.17. The second kappa shape index (κ2) is 9.05. The summed E-state index contributed by atoms with van der Waals surface area (Å²) in [4.78, 5) is 49.7. The molecule has 0 saturated heterocycles.